The largest absolute Gasteiger partial charge is 0.495 e. The molecule has 1 aliphatic carbocycles. The zero-order valence-electron chi connectivity index (χ0n) is 17.7. The minimum Gasteiger partial charge on any atom is -0.399 e. The Balaban J connectivity index is 1.66. The molecule has 0 radical (unpaired) electrons. The first-order valence-corrected chi connectivity index (χ1v) is 10.8. The molecule has 2 aliphatic heterocycles. The minimum atomic E-state index is -0.354. The number of nitrogens with zero attached hydrogens (tertiary/aromatic N) is 2. The molecule has 5 rings (SSSR count). The van der Waals surface area contributed by atoms with Gasteiger partial charge in [-0.05, 0) is 95.3 Å². The SMILES string of the molecule is Cc1cc2c(cnn2C2CCCCO2)c(B2OC(C)(C)C(C)(C)O2)c1C1CC1. The highest BCUT2D eigenvalue weighted by molar-refractivity contribution is 6.65. The molecule has 1 saturated carbocycles. The number of ether oxygens (including phenoxy) is 1. The van der Waals surface area contributed by atoms with Crippen molar-refractivity contribution in [3.63, 3.8) is 0 Å². The number of benzene rings is 1. The summed E-state index contributed by atoms with van der Waals surface area (Å²) in [6.07, 6.45) is 7.88. The lowest BCUT2D eigenvalue weighted by atomic mass is 9.71. The van der Waals surface area contributed by atoms with E-state index in [-0.39, 0.29) is 24.5 Å². The third-order valence-electron chi connectivity index (χ3n) is 7.10. The highest BCUT2D eigenvalue weighted by atomic mass is 16.7. The van der Waals surface area contributed by atoms with Crippen molar-refractivity contribution >= 4 is 23.5 Å². The summed E-state index contributed by atoms with van der Waals surface area (Å²) in [5.41, 5.74) is 4.36. The Bertz CT molecular complexity index is 894. The molecular formula is C22H31BN2O3. The molecule has 0 spiro atoms. The van der Waals surface area contributed by atoms with Crippen molar-refractivity contribution in [1.82, 2.24) is 9.78 Å². The number of aromatic nitrogens is 2. The Morgan fingerprint density at radius 2 is 1.79 bits per heavy atom. The fraction of sp³-hybridized carbons (Fsp3) is 0.682. The molecule has 3 fully saturated rings. The maximum absolute atomic E-state index is 6.50. The van der Waals surface area contributed by atoms with Gasteiger partial charge in [-0.2, -0.15) is 5.10 Å². The molecule has 5 nitrogen and oxygen atoms in total. The molecule has 150 valence electrons. The van der Waals surface area contributed by atoms with Crippen LogP contribution in [0.1, 0.15) is 83.1 Å². The molecule has 2 aromatic rings. The van der Waals surface area contributed by atoms with E-state index in [2.05, 4.69) is 45.4 Å². The molecular weight excluding hydrogens is 351 g/mol. The molecule has 0 amide bonds. The topological polar surface area (TPSA) is 45.5 Å². The van der Waals surface area contributed by atoms with Crippen LogP contribution in [-0.4, -0.2) is 34.7 Å². The van der Waals surface area contributed by atoms with Crippen LogP contribution in [-0.2, 0) is 14.0 Å². The Hall–Kier alpha value is -1.37. The Kier molecular flexibility index (Phi) is 4.21. The van der Waals surface area contributed by atoms with Crippen LogP contribution < -0.4 is 5.46 Å². The second-order valence-electron chi connectivity index (χ2n) is 9.73. The molecule has 1 unspecified atom stereocenters. The van der Waals surface area contributed by atoms with Gasteiger partial charge < -0.3 is 14.0 Å². The summed E-state index contributed by atoms with van der Waals surface area (Å²) >= 11 is 0. The second kappa shape index (κ2) is 6.31. The zero-order valence-corrected chi connectivity index (χ0v) is 17.7. The summed E-state index contributed by atoms with van der Waals surface area (Å²) in [7, 11) is -0.354. The summed E-state index contributed by atoms with van der Waals surface area (Å²) in [6, 6.07) is 2.29. The third-order valence-corrected chi connectivity index (χ3v) is 7.10. The van der Waals surface area contributed by atoms with Crippen molar-refractivity contribution in [3.05, 3.63) is 23.4 Å². The van der Waals surface area contributed by atoms with Crippen molar-refractivity contribution in [2.45, 2.75) is 90.1 Å². The normalized spacial score (nSPS) is 26.9. The Labute approximate surface area is 167 Å². The van der Waals surface area contributed by atoms with Gasteiger partial charge in [0.1, 0.15) is 0 Å². The molecule has 6 heteroatoms. The van der Waals surface area contributed by atoms with Crippen LogP contribution in [0.3, 0.4) is 0 Å². The van der Waals surface area contributed by atoms with Gasteiger partial charge in [0.05, 0.1) is 22.9 Å². The van der Waals surface area contributed by atoms with Crippen LogP contribution >= 0.6 is 0 Å². The van der Waals surface area contributed by atoms with Gasteiger partial charge in [0.2, 0.25) is 0 Å². The zero-order chi connectivity index (χ0) is 19.7. The number of hydrogen-bond donors (Lipinski definition) is 0. The van der Waals surface area contributed by atoms with E-state index in [0.717, 1.165) is 30.4 Å². The van der Waals surface area contributed by atoms with E-state index in [1.165, 1.54) is 35.9 Å². The average molecular weight is 382 g/mol. The quantitative estimate of drug-likeness (QED) is 0.746. The fourth-order valence-electron chi connectivity index (χ4n) is 4.64. The third kappa shape index (κ3) is 2.84. The lowest BCUT2D eigenvalue weighted by Crippen LogP contribution is -2.41. The number of rotatable bonds is 3. The van der Waals surface area contributed by atoms with Crippen LogP contribution in [0.2, 0.25) is 0 Å². The molecule has 3 heterocycles. The highest BCUT2D eigenvalue weighted by Crippen LogP contribution is 2.44. The fourth-order valence-corrected chi connectivity index (χ4v) is 4.64. The van der Waals surface area contributed by atoms with E-state index in [4.69, 9.17) is 19.1 Å². The lowest BCUT2D eigenvalue weighted by molar-refractivity contribution is -0.0366. The molecule has 3 aliphatic rings. The molecule has 28 heavy (non-hydrogen) atoms. The predicted octanol–water partition coefficient (Wildman–Crippen LogP) is 4.22. The van der Waals surface area contributed by atoms with Crippen molar-refractivity contribution in [1.29, 1.82) is 0 Å². The van der Waals surface area contributed by atoms with Crippen LogP contribution in [0.25, 0.3) is 10.9 Å². The van der Waals surface area contributed by atoms with E-state index < -0.39 is 0 Å². The average Bonchev–Trinajstić information content (AvgIpc) is 3.34. The van der Waals surface area contributed by atoms with E-state index in [1.54, 1.807) is 0 Å². The van der Waals surface area contributed by atoms with Gasteiger partial charge in [0.25, 0.3) is 0 Å². The summed E-state index contributed by atoms with van der Waals surface area (Å²) in [5, 5.41) is 5.92. The number of aryl methyl sites for hydroxylation is 1. The van der Waals surface area contributed by atoms with Gasteiger partial charge in [-0.1, -0.05) is 0 Å². The van der Waals surface area contributed by atoms with E-state index in [1.807, 2.05) is 6.20 Å². The lowest BCUT2D eigenvalue weighted by Gasteiger charge is -2.32. The molecule has 1 aromatic heterocycles. The van der Waals surface area contributed by atoms with Crippen LogP contribution in [0, 0.1) is 6.92 Å². The Morgan fingerprint density at radius 1 is 1.07 bits per heavy atom. The first-order valence-electron chi connectivity index (χ1n) is 10.8. The summed E-state index contributed by atoms with van der Waals surface area (Å²) < 4.78 is 21.1. The number of hydrogen-bond acceptors (Lipinski definition) is 4. The maximum atomic E-state index is 6.50. The molecule has 0 N–H and O–H groups in total. The van der Waals surface area contributed by atoms with Gasteiger partial charge in [-0.25, -0.2) is 4.68 Å². The molecule has 0 bridgehead atoms. The van der Waals surface area contributed by atoms with Crippen LogP contribution in [0.4, 0.5) is 0 Å². The van der Waals surface area contributed by atoms with Crippen molar-refractivity contribution in [2.75, 3.05) is 6.61 Å². The molecule has 1 atom stereocenters. The predicted molar refractivity (Wildman–Crippen MR) is 111 cm³/mol. The summed E-state index contributed by atoms with van der Waals surface area (Å²) in [4.78, 5) is 0. The first kappa shape index (κ1) is 18.7. The smallest absolute Gasteiger partial charge is 0.399 e. The monoisotopic (exact) mass is 382 g/mol. The first-order chi connectivity index (χ1) is 13.3. The van der Waals surface area contributed by atoms with E-state index >= 15 is 0 Å². The van der Waals surface area contributed by atoms with Crippen molar-refractivity contribution in [3.8, 4) is 0 Å². The highest BCUT2D eigenvalue weighted by Gasteiger charge is 2.53. The molecule has 2 saturated heterocycles. The summed E-state index contributed by atoms with van der Waals surface area (Å²) in [5.74, 6) is 0.618. The molecule has 1 aromatic carbocycles. The van der Waals surface area contributed by atoms with Crippen molar-refractivity contribution < 1.29 is 14.0 Å². The Morgan fingerprint density at radius 3 is 2.39 bits per heavy atom. The van der Waals surface area contributed by atoms with Crippen LogP contribution in [0.5, 0.6) is 0 Å². The van der Waals surface area contributed by atoms with Gasteiger partial charge in [-0.3, -0.25) is 0 Å². The van der Waals surface area contributed by atoms with E-state index in [0.29, 0.717) is 5.92 Å². The van der Waals surface area contributed by atoms with Gasteiger partial charge in [0.15, 0.2) is 6.23 Å². The standard InChI is InChI=1S/C22H31BN2O3/c1-14-12-17-16(13-24-25(17)18-8-6-7-11-26-18)20(19(14)15-9-10-15)23-27-21(2,3)22(4,5)28-23/h12-13,15,18H,6-11H2,1-5H3. The van der Waals surface area contributed by atoms with Gasteiger partial charge in [-0.15, -0.1) is 0 Å². The van der Waals surface area contributed by atoms with Crippen LogP contribution in [0.15, 0.2) is 12.3 Å². The summed E-state index contributed by atoms with van der Waals surface area (Å²) in [6.45, 7) is 11.5. The second-order valence-corrected chi connectivity index (χ2v) is 9.73. The number of fused-ring (bicyclic) bond motifs is 1. The minimum absolute atomic E-state index is 0.0311. The van der Waals surface area contributed by atoms with Gasteiger partial charge in [0, 0.05) is 12.0 Å². The van der Waals surface area contributed by atoms with Gasteiger partial charge >= 0.3 is 7.12 Å². The maximum Gasteiger partial charge on any atom is 0.495 e. The van der Waals surface area contributed by atoms with Crippen molar-refractivity contribution in [2.24, 2.45) is 0 Å². The van der Waals surface area contributed by atoms with E-state index in [9.17, 15) is 0 Å².